The molecule has 2 N–H and O–H groups in total. The van der Waals surface area contributed by atoms with Crippen molar-refractivity contribution in [1.82, 2.24) is 25.3 Å². The van der Waals surface area contributed by atoms with Crippen LogP contribution in [0.25, 0.3) is 5.69 Å². The Morgan fingerprint density at radius 1 is 1.07 bits per heavy atom. The summed E-state index contributed by atoms with van der Waals surface area (Å²) in [6, 6.07) is 19.3. The molecule has 154 valence electrons. The van der Waals surface area contributed by atoms with Crippen LogP contribution >= 0.6 is 0 Å². The lowest BCUT2D eigenvalue weighted by molar-refractivity contribution is -0.134. The Morgan fingerprint density at radius 3 is 2.60 bits per heavy atom. The number of carbonyl (C=O) groups excluding carboxylic acids is 2. The first-order chi connectivity index (χ1) is 14.7. The molecule has 7 nitrogen and oxygen atoms in total. The predicted octanol–water partition coefficient (Wildman–Crippen LogP) is 1.88. The highest BCUT2D eigenvalue weighted by atomic mass is 16.2. The van der Waals surface area contributed by atoms with Crippen LogP contribution in [-0.4, -0.2) is 45.6 Å². The molecule has 0 radical (unpaired) electrons. The topological polar surface area (TPSA) is 79.3 Å². The van der Waals surface area contributed by atoms with Crippen molar-refractivity contribution in [1.29, 1.82) is 0 Å². The average Bonchev–Trinajstić information content (AvgIpc) is 3.31. The number of nitrogens with zero attached hydrogens (tertiary/aromatic N) is 3. The lowest BCUT2D eigenvalue weighted by Gasteiger charge is -2.34. The summed E-state index contributed by atoms with van der Waals surface area (Å²) >= 11 is 0. The van der Waals surface area contributed by atoms with Crippen molar-refractivity contribution >= 4 is 11.8 Å². The normalized spacial score (nSPS) is 16.8. The van der Waals surface area contributed by atoms with Crippen molar-refractivity contribution in [2.45, 2.75) is 25.6 Å². The fraction of sp³-hybridized carbons (Fsp3) is 0.261. The Balaban J connectivity index is 1.33. The van der Waals surface area contributed by atoms with Crippen LogP contribution in [-0.2, 0) is 22.7 Å². The number of aromatic nitrogens is 2. The van der Waals surface area contributed by atoms with E-state index in [1.54, 1.807) is 10.9 Å². The van der Waals surface area contributed by atoms with E-state index >= 15 is 0 Å². The standard InChI is InChI=1S/C23H25N5O2/c29-22(25-16-18-7-9-20(10-8-18)28-13-4-11-26-28)15-21-23(30)24-12-14-27(21)17-19-5-2-1-3-6-19/h1-11,13,21H,12,14-17H2,(H,24,30)(H,25,29)/t21-/m0/s1. The highest BCUT2D eigenvalue weighted by Crippen LogP contribution is 2.14. The molecule has 0 unspecified atom stereocenters. The van der Waals surface area contributed by atoms with Crippen LogP contribution in [0.1, 0.15) is 17.5 Å². The Kier molecular flexibility index (Phi) is 6.20. The van der Waals surface area contributed by atoms with Crippen molar-refractivity contribution in [2.24, 2.45) is 0 Å². The van der Waals surface area contributed by atoms with E-state index in [9.17, 15) is 9.59 Å². The molecular weight excluding hydrogens is 378 g/mol. The van der Waals surface area contributed by atoms with E-state index in [0.29, 0.717) is 19.6 Å². The largest absolute Gasteiger partial charge is 0.353 e. The Hall–Kier alpha value is -3.45. The van der Waals surface area contributed by atoms with Crippen LogP contribution in [0.5, 0.6) is 0 Å². The van der Waals surface area contributed by atoms with E-state index in [-0.39, 0.29) is 18.2 Å². The molecule has 30 heavy (non-hydrogen) atoms. The van der Waals surface area contributed by atoms with Crippen LogP contribution in [0, 0.1) is 0 Å². The average molecular weight is 403 g/mol. The van der Waals surface area contributed by atoms with Crippen molar-refractivity contribution in [2.75, 3.05) is 13.1 Å². The van der Waals surface area contributed by atoms with Crippen molar-refractivity contribution < 1.29 is 9.59 Å². The van der Waals surface area contributed by atoms with Gasteiger partial charge in [-0.05, 0) is 29.3 Å². The summed E-state index contributed by atoms with van der Waals surface area (Å²) in [4.78, 5) is 27.0. The zero-order valence-corrected chi connectivity index (χ0v) is 16.7. The second-order valence-corrected chi connectivity index (χ2v) is 7.36. The van der Waals surface area contributed by atoms with Gasteiger partial charge < -0.3 is 10.6 Å². The third-order valence-corrected chi connectivity index (χ3v) is 5.24. The van der Waals surface area contributed by atoms with Crippen LogP contribution < -0.4 is 10.6 Å². The molecule has 1 aliphatic heterocycles. The number of carbonyl (C=O) groups is 2. The number of nitrogens with one attached hydrogen (secondary N) is 2. The third-order valence-electron chi connectivity index (χ3n) is 5.24. The van der Waals surface area contributed by atoms with E-state index in [1.165, 1.54) is 0 Å². The second-order valence-electron chi connectivity index (χ2n) is 7.36. The van der Waals surface area contributed by atoms with Gasteiger partial charge in [-0.1, -0.05) is 42.5 Å². The molecule has 1 fully saturated rings. The van der Waals surface area contributed by atoms with Crippen molar-refractivity contribution in [3.63, 3.8) is 0 Å². The minimum Gasteiger partial charge on any atom is -0.353 e. The molecule has 0 aliphatic carbocycles. The van der Waals surface area contributed by atoms with Gasteiger partial charge in [0, 0.05) is 38.6 Å². The fourth-order valence-electron chi connectivity index (χ4n) is 3.63. The van der Waals surface area contributed by atoms with Gasteiger partial charge in [0.05, 0.1) is 18.2 Å². The second kappa shape index (κ2) is 9.37. The molecule has 1 aliphatic rings. The summed E-state index contributed by atoms with van der Waals surface area (Å²) in [7, 11) is 0. The summed E-state index contributed by atoms with van der Waals surface area (Å²) in [5.74, 6) is -0.220. The van der Waals surface area contributed by atoms with Crippen molar-refractivity contribution in [3.8, 4) is 5.69 Å². The molecule has 0 spiro atoms. The number of benzene rings is 2. The Morgan fingerprint density at radius 2 is 1.87 bits per heavy atom. The maximum Gasteiger partial charge on any atom is 0.237 e. The highest BCUT2D eigenvalue weighted by Gasteiger charge is 2.31. The third kappa shape index (κ3) is 4.93. The molecule has 2 amide bonds. The minimum absolute atomic E-state index is 0.0871. The maximum absolute atomic E-state index is 12.5. The van der Waals surface area contributed by atoms with Gasteiger partial charge in [0.2, 0.25) is 11.8 Å². The zero-order chi connectivity index (χ0) is 20.8. The van der Waals surface area contributed by atoms with Crippen molar-refractivity contribution in [3.05, 3.63) is 84.2 Å². The SMILES string of the molecule is O=C(C[C@H]1C(=O)NCCN1Cc1ccccc1)NCc1ccc(-n2cccn2)cc1. The summed E-state index contributed by atoms with van der Waals surface area (Å²) in [5, 5.41) is 10.0. The first-order valence-electron chi connectivity index (χ1n) is 10.1. The van der Waals surface area contributed by atoms with E-state index in [4.69, 9.17) is 0 Å². The van der Waals surface area contributed by atoms with Gasteiger partial charge in [0.1, 0.15) is 0 Å². The molecule has 1 atom stereocenters. The van der Waals surface area contributed by atoms with Gasteiger partial charge in [-0.15, -0.1) is 0 Å². The molecule has 2 aromatic carbocycles. The molecule has 7 heteroatoms. The molecule has 2 heterocycles. The summed E-state index contributed by atoms with van der Waals surface area (Å²) in [6.45, 7) is 2.41. The lowest BCUT2D eigenvalue weighted by Crippen LogP contribution is -2.56. The highest BCUT2D eigenvalue weighted by molar-refractivity contribution is 5.88. The van der Waals surface area contributed by atoms with E-state index in [1.807, 2.05) is 66.9 Å². The lowest BCUT2D eigenvalue weighted by atomic mass is 10.1. The van der Waals surface area contributed by atoms with Gasteiger partial charge in [-0.25, -0.2) is 4.68 Å². The van der Waals surface area contributed by atoms with Gasteiger partial charge in [0.25, 0.3) is 0 Å². The summed E-state index contributed by atoms with van der Waals surface area (Å²) in [6.07, 6.45) is 3.76. The molecule has 3 aromatic rings. The number of amides is 2. The Bertz CT molecular complexity index is 971. The first kappa shape index (κ1) is 19.8. The van der Waals surface area contributed by atoms with Crippen LogP contribution in [0.4, 0.5) is 0 Å². The monoisotopic (exact) mass is 403 g/mol. The summed E-state index contributed by atoms with van der Waals surface area (Å²) in [5.41, 5.74) is 3.09. The number of hydrogen-bond acceptors (Lipinski definition) is 4. The van der Waals surface area contributed by atoms with E-state index in [0.717, 1.165) is 23.4 Å². The predicted molar refractivity (Wildman–Crippen MR) is 114 cm³/mol. The maximum atomic E-state index is 12.5. The fourth-order valence-corrected chi connectivity index (χ4v) is 3.63. The smallest absolute Gasteiger partial charge is 0.237 e. The zero-order valence-electron chi connectivity index (χ0n) is 16.7. The number of piperazine rings is 1. The molecule has 1 aromatic heterocycles. The van der Waals surface area contributed by atoms with Gasteiger partial charge >= 0.3 is 0 Å². The van der Waals surface area contributed by atoms with Crippen LogP contribution in [0.15, 0.2) is 73.1 Å². The molecular formula is C23H25N5O2. The Labute approximate surface area is 175 Å². The van der Waals surface area contributed by atoms with Gasteiger partial charge in [-0.2, -0.15) is 5.10 Å². The van der Waals surface area contributed by atoms with Crippen LogP contribution in [0.3, 0.4) is 0 Å². The number of hydrogen-bond donors (Lipinski definition) is 2. The molecule has 0 bridgehead atoms. The first-order valence-corrected chi connectivity index (χ1v) is 10.1. The molecule has 0 saturated carbocycles. The molecule has 4 rings (SSSR count). The van der Waals surface area contributed by atoms with Crippen LogP contribution in [0.2, 0.25) is 0 Å². The number of rotatable bonds is 7. The van der Waals surface area contributed by atoms with E-state index < -0.39 is 6.04 Å². The molecule has 1 saturated heterocycles. The summed E-state index contributed by atoms with van der Waals surface area (Å²) < 4.78 is 1.78. The van der Waals surface area contributed by atoms with Gasteiger partial charge in [-0.3, -0.25) is 14.5 Å². The minimum atomic E-state index is -0.457. The quantitative estimate of drug-likeness (QED) is 0.631. The van der Waals surface area contributed by atoms with Gasteiger partial charge in [0.15, 0.2) is 0 Å². The van der Waals surface area contributed by atoms with E-state index in [2.05, 4.69) is 20.6 Å².